The Labute approximate surface area is 101 Å². The van der Waals surface area contributed by atoms with E-state index in [1.54, 1.807) is 19.2 Å². The third-order valence-corrected chi connectivity index (χ3v) is 2.88. The quantitative estimate of drug-likeness (QED) is 0.864. The summed E-state index contributed by atoms with van der Waals surface area (Å²) in [5.74, 6) is -0.343. The van der Waals surface area contributed by atoms with E-state index in [1.165, 1.54) is 6.07 Å². The molecule has 1 aromatic rings. The highest BCUT2D eigenvalue weighted by atomic mass is 35.5. The van der Waals surface area contributed by atoms with Crippen molar-refractivity contribution in [2.45, 2.75) is 31.9 Å². The summed E-state index contributed by atoms with van der Waals surface area (Å²) in [6.45, 7) is 1.96. The van der Waals surface area contributed by atoms with Gasteiger partial charge in [-0.1, -0.05) is 17.7 Å². The third kappa shape index (κ3) is 3.74. The van der Waals surface area contributed by atoms with Gasteiger partial charge >= 0.3 is 0 Å². The van der Waals surface area contributed by atoms with Crippen LogP contribution in [-0.4, -0.2) is 13.2 Å². The minimum absolute atomic E-state index is 0.140. The van der Waals surface area contributed by atoms with Gasteiger partial charge in [-0.2, -0.15) is 0 Å². The van der Waals surface area contributed by atoms with Crippen LogP contribution in [0.2, 0.25) is 5.02 Å². The number of nitrogens with two attached hydrogens (primary N) is 1. The van der Waals surface area contributed by atoms with Crippen molar-refractivity contribution in [3.8, 4) is 0 Å². The molecule has 0 aliphatic heterocycles. The van der Waals surface area contributed by atoms with Crippen molar-refractivity contribution < 1.29 is 9.13 Å². The van der Waals surface area contributed by atoms with Gasteiger partial charge < -0.3 is 10.5 Å². The Morgan fingerprint density at radius 3 is 2.69 bits per heavy atom. The molecule has 0 heterocycles. The first-order chi connectivity index (χ1) is 7.54. The van der Waals surface area contributed by atoms with Crippen LogP contribution >= 0.6 is 11.6 Å². The van der Waals surface area contributed by atoms with E-state index in [9.17, 15) is 4.39 Å². The van der Waals surface area contributed by atoms with Gasteiger partial charge in [0, 0.05) is 23.7 Å². The van der Waals surface area contributed by atoms with Crippen LogP contribution < -0.4 is 5.73 Å². The third-order valence-electron chi connectivity index (χ3n) is 2.65. The molecule has 2 atom stereocenters. The van der Waals surface area contributed by atoms with Gasteiger partial charge in [-0.25, -0.2) is 4.39 Å². The molecule has 2 N–H and O–H groups in total. The Morgan fingerprint density at radius 1 is 1.44 bits per heavy atom. The molecule has 0 bridgehead atoms. The smallest absolute Gasteiger partial charge is 0.129 e. The van der Waals surface area contributed by atoms with Gasteiger partial charge in [-0.3, -0.25) is 0 Å². The van der Waals surface area contributed by atoms with Gasteiger partial charge in [0.05, 0.1) is 6.10 Å². The molecular formula is C12H17ClFNO. The second-order valence-electron chi connectivity index (χ2n) is 3.90. The van der Waals surface area contributed by atoms with E-state index in [-0.39, 0.29) is 18.0 Å². The van der Waals surface area contributed by atoms with Crippen LogP contribution in [0, 0.1) is 5.82 Å². The lowest BCUT2D eigenvalue weighted by atomic mass is 10.0. The molecule has 0 amide bonds. The van der Waals surface area contributed by atoms with Crippen LogP contribution in [0.5, 0.6) is 0 Å². The van der Waals surface area contributed by atoms with Crippen molar-refractivity contribution in [2.24, 2.45) is 5.73 Å². The number of hydrogen-bond acceptors (Lipinski definition) is 2. The molecule has 0 spiro atoms. The zero-order valence-corrected chi connectivity index (χ0v) is 10.3. The summed E-state index contributed by atoms with van der Waals surface area (Å²) in [5.41, 5.74) is 6.42. The Bertz CT molecular complexity index is 346. The highest BCUT2D eigenvalue weighted by Gasteiger charge is 2.13. The van der Waals surface area contributed by atoms with Crippen molar-refractivity contribution >= 4 is 11.6 Å². The molecule has 1 rings (SSSR count). The largest absolute Gasteiger partial charge is 0.382 e. The summed E-state index contributed by atoms with van der Waals surface area (Å²) >= 11 is 5.67. The average molecular weight is 246 g/mol. The molecule has 0 aliphatic rings. The van der Waals surface area contributed by atoms with Gasteiger partial charge in [0.2, 0.25) is 0 Å². The Hall–Kier alpha value is -0.640. The second kappa shape index (κ2) is 6.18. The molecule has 90 valence electrons. The molecule has 0 radical (unpaired) electrons. The number of rotatable bonds is 5. The lowest BCUT2D eigenvalue weighted by molar-refractivity contribution is 0.107. The first-order valence-corrected chi connectivity index (χ1v) is 5.65. The molecule has 0 aliphatic carbocycles. The Balaban J connectivity index is 2.62. The Kier molecular flexibility index (Phi) is 5.19. The zero-order valence-electron chi connectivity index (χ0n) is 9.54. The lowest BCUT2D eigenvalue weighted by Crippen LogP contribution is -2.15. The van der Waals surface area contributed by atoms with Crippen molar-refractivity contribution in [3.63, 3.8) is 0 Å². The minimum atomic E-state index is -0.343. The average Bonchev–Trinajstić information content (AvgIpc) is 2.25. The lowest BCUT2D eigenvalue weighted by Gasteiger charge is -2.15. The van der Waals surface area contributed by atoms with Crippen LogP contribution in [0.1, 0.15) is 31.4 Å². The summed E-state index contributed by atoms with van der Waals surface area (Å²) in [5, 5.41) is 0.388. The normalized spacial score (nSPS) is 14.8. The molecular weight excluding hydrogens is 229 g/mol. The summed E-state index contributed by atoms with van der Waals surface area (Å²) in [6, 6.07) is 4.27. The van der Waals surface area contributed by atoms with Crippen LogP contribution in [0.25, 0.3) is 0 Å². The van der Waals surface area contributed by atoms with Crippen molar-refractivity contribution in [1.29, 1.82) is 0 Å². The van der Waals surface area contributed by atoms with E-state index in [0.717, 1.165) is 6.42 Å². The predicted molar refractivity (Wildman–Crippen MR) is 64.0 cm³/mol. The van der Waals surface area contributed by atoms with E-state index < -0.39 is 0 Å². The molecule has 4 heteroatoms. The van der Waals surface area contributed by atoms with Gasteiger partial charge in [0.25, 0.3) is 0 Å². The van der Waals surface area contributed by atoms with Gasteiger partial charge in [0.1, 0.15) is 5.82 Å². The summed E-state index contributed by atoms with van der Waals surface area (Å²) in [7, 11) is 1.65. The van der Waals surface area contributed by atoms with Crippen LogP contribution in [-0.2, 0) is 4.74 Å². The monoisotopic (exact) mass is 245 g/mol. The first-order valence-electron chi connectivity index (χ1n) is 5.28. The maximum Gasteiger partial charge on any atom is 0.129 e. The fourth-order valence-electron chi connectivity index (χ4n) is 1.49. The van der Waals surface area contributed by atoms with E-state index in [2.05, 4.69) is 0 Å². The van der Waals surface area contributed by atoms with Gasteiger partial charge in [0.15, 0.2) is 0 Å². The molecule has 0 saturated carbocycles. The van der Waals surface area contributed by atoms with Gasteiger partial charge in [-0.05, 0) is 31.9 Å². The fraction of sp³-hybridized carbons (Fsp3) is 0.500. The van der Waals surface area contributed by atoms with E-state index in [0.29, 0.717) is 17.0 Å². The minimum Gasteiger partial charge on any atom is -0.382 e. The molecule has 16 heavy (non-hydrogen) atoms. The zero-order chi connectivity index (χ0) is 12.1. The summed E-state index contributed by atoms with van der Waals surface area (Å²) < 4.78 is 18.6. The second-order valence-corrected chi connectivity index (χ2v) is 4.33. The van der Waals surface area contributed by atoms with Crippen LogP contribution in [0.15, 0.2) is 18.2 Å². The molecule has 2 nitrogen and oxygen atoms in total. The molecule has 0 saturated heterocycles. The first kappa shape index (κ1) is 13.4. The SMILES string of the molecule is COC(C)CCC(N)c1ccc(Cl)cc1F. The predicted octanol–water partition coefficient (Wildman–Crippen LogP) is 3.29. The number of hydrogen-bond donors (Lipinski definition) is 1. The highest BCUT2D eigenvalue weighted by molar-refractivity contribution is 6.30. The standard InChI is InChI=1S/C12H17ClFNO/c1-8(16-2)3-6-12(15)10-5-4-9(13)7-11(10)14/h4-5,7-8,12H,3,6,15H2,1-2H3. The van der Waals surface area contributed by atoms with E-state index >= 15 is 0 Å². The molecule has 0 fully saturated rings. The van der Waals surface area contributed by atoms with Crippen LogP contribution in [0.3, 0.4) is 0 Å². The summed E-state index contributed by atoms with van der Waals surface area (Å²) in [6.07, 6.45) is 1.63. The molecule has 1 aromatic carbocycles. The Morgan fingerprint density at radius 2 is 2.12 bits per heavy atom. The van der Waals surface area contributed by atoms with Crippen molar-refractivity contribution in [1.82, 2.24) is 0 Å². The molecule has 0 aromatic heterocycles. The highest BCUT2D eigenvalue weighted by Crippen LogP contribution is 2.23. The van der Waals surface area contributed by atoms with E-state index in [4.69, 9.17) is 22.1 Å². The van der Waals surface area contributed by atoms with Crippen molar-refractivity contribution in [3.05, 3.63) is 34.6 Å². The van der Waals surface area contributed by atoms with Crippen molar-refractivity contribution in [2.75, 3.05) is 7.11 Å². The van der Waals surface area contributed by atoms with Gasteiger partial charge in [-0.15, -0.1) is 0 Å². The number of ether oxygens (including phenoxy) is 1. The maximum absolute atomic E-state index is 13.5. The maximum atomic E-state index is 13.5. The van der Waals surface area contributed by atoms with E-state index in [1.807, 2.05) is 6.92 Å². The topological polar surface area (TPSA) is 35.2 Å². The number of halogens is 2. The molecule has 2 unspecified atom stereocenters. The van der Waals surface area contributed by atoms with Crippen LogP contribution in [0.4, 0.5) is 4.39 Å². The summed E-state index contributed by atoms with van der Waals surface area (Å²) in [4.78, 5) is 0. The fourth-order valence-corrected chi connectivity index (χ4v) is 1.65. The number of methoxy groups -OCH3 is 1. The number of benzene rings is 1.